The van der Waals surface area contributed by atoms with E-state index in [0.29, 0.717) is 5.69 Å². The minimum Gasteiger partial charge on any atom is -0.378 e. The van der Waals surface area contributed by atoms with E-state index in [4.69, 9.17) is 5.73 Å². The molecule has 0 bridgehead atoms. The summed E-state index contributed by atoms with van der Waals surface area (Å²) in [5, 5.41) is 15.7. The quantitative estimate of drug-likeness (QED) is 0.657. The third kappa shape index (κ3) is 2.57. The lowest BCUT2D eigenvalue weighted by atomic mass is 9.91. The molecule has 0 atom stereocenters. The van der Waals surface area contributed by atoms with Gasteiger partial charge in [0.15, 0.2) is 0 Å². The van der Waals surface area contributed by atoms with Gasteiger partial charge in [-0.1, -0.05) is 40.0 Å². The van der Waals surface area contributed by atoms with Gasteiger partial charge in [-0.15, -0.1) is 0 Å². The van der Waals surface area contributed by atoms with Crippen LogP contribution in [0.1, 0.15) is 64.6 Å². The Bertz CT molecular complexity index is 482. The molecule has 1 heterocycles. The fourth-order valence-corrected chi connectivity index (χ4v) is 2.73. The van der Waals surface area contributed by atoms with Gasteiger partial charge in [0.25, 0.3) is 0 Å². The molecule has 0 aromatic carbocycles. The number of hydrogen-bond donors (Lipinski definition) is 1. The maximum Gasteiger partial charge on any atom is 0.334 e. The van der Waals surface area contributed by atoms with E-state index in [2.05, 4.69) is 5.10 Å². The molecule has 0 unspecified atom stereocenters. The van der Waals surface area contributed by atoms with Gasteiger partial charge < -0.3 is 5.73 Å². The highest BCUT2D eigenvalue weighted by Gasteiger charge is 2.35. The van der Waals surface area contributed by atoms with Gasteiger partial charge in [-0.05, 0) is 12.8 Å². The number of nitrogen functional groups attached to an aromatic ring is 1. The summed E-state index contributed by atoms with van der Waals surface area (Å²) in [5.74, 6) is 0.210. The number of anilines is 1. The Kier molecular flexibility index (Phi) is 3.52. The second-order valence-corrected chi connectivity index (χ2v) is 6.33. The van der Waals surface area contributed by atoms with Gasteiger partial charge in [-0.2, -0.15) is 5.10 Å². The lowest BCUT2D eigenvalue weighted by Gasteiger charge is -2.22. The van der Waals surface area contributed by atoms with E-state index in [9.17, 15) is 10.1 Å². The van der Waals surface area contributed by atoms with E-state index in [1.165, 1.54) is 6.42 Å². The molecule has 2 N–H and O–H groups in total. The van der Waals surface area contributed by atoms with E-state index in [1.54, 1.807) is 4.68 Å². The number of nitrogens with two attached hydrogens (primary N) is 1. The first-order valence-electron chi connectivity index (χ1n) is 6.85. The van der Waals surface area contributed by atoms with Crippen LogP contribution >= 0.6 is 0 Å². The van der Waals surface area contributed by atoms with Crippen LogP contribution in [0.5, 0.6) is 0 Å². The minimum absolute atomic E-state index is 0.0157. The fraction of sp³-hybridized carbons (Fsp3) is 0.769. The number of nitro groups is 1. The molecule has 1 aromatic heterocycles. The van der Waals surface area contributed by atoms with Gasteiger partial charge in [0.05, 0.1) is 11.0 Å². The van der Waals surface area contributed by atoms with Crippen molar-refractivity contribution in [3.63, 3.8) is 0 Å². The lowest BCUT2D eigenvalue weighted by molar-refractivity contribution is -0.385. The predicted octanol–water partition coefficient (Wildman–Crippen LogP) is 3.18. The second-order valence-electron chi connectivity index (χ2n) is 6.33. The van der Waals surface area contributed by atoms with Gasteiger partial charge in [0.2, 0.25) is 5.82 Å². The van der Waals surface area contributed by atoms with E-state index in [-0.39, 0.29) is 23.0 Å². The van der Waals surface area contributed by atoms with Crippen molar-refractivity contribution in [3.8, 4) is 0 Å². The maximum atomic E-state index is 11.3. The highest BCUT2D eigenvalue weighted by molar-refractivity contribution is 5.58. The van der Waals surface area contributed by atoms with Crippen molar-refractivity contribution in [2.75, 3.05) is 5.73 Å². The smallest absolute Gasteiger partial charge is 0.334 e. The molecule has 2 rings (SSSR count). The maximum absolute atomic E-state index is 11.3. The first-order chi connectivity index (χ1) is 8.82. The summed E-state index contributed by atoms with van der Waals surface area (Å²) in [4.78, 5) is 10.9. The van der Waals surface area contributed by atoms with Crippen molar-refractivity contribution in [2.45, 2.75) is 64.3 Å². The second kappa shape index (κ2) is 4.83. The molecule has 6 nitrogen and oxygen atoms in total. The highest BCUT2D eigenvalue weighted by Crippen LogP contribution is 2.38. The Labute approximate surface area is 113 Å². The Morgan fingerprint density at radius 2 is 1.89 bits per heavy atom. The standard InChI is InChI=1S/C13H22N4O2/c1-13(2,3)11-10(17(18)19)12(14)16(15-11)9-7-5-4-6-8-9/h9H,4-8,14H2,1-3H3. The SMILES string of the molecule is CC(C)(C)c1nn(C2CCCCC2)c(N)c1[N+](=O)[O-]. The summed E-state index contributed by atoms with van der Waals surface area (Å²) in [6.07, 6.45) is 5.52. The van der Waals surface area contributed by atoms with Crippen LogP contribution < -0.4 is 5.73 Å². The zero-order valence-electron chi connectivity index (χ0n) is 11.8. The molecular formula is C13H22N4O2. The van der Waals surface area contributed by atoms with Crippen LogP contribution in [0.15, 0.2) is 0 Å². The fourth-order valence-electron chi connectivity index (χ4n) is 2.73. The van der Waals surface area contributed by atoms with Crippen LogP contribution in [0.3, 0.4) is 0 Å². The summed E-state index contributed by atoms with van der Waals surface area (Å²) in [6.45, 7) is 5.77. The molecular weight excluding hydrogens is 244 g/mol. The summed E-state index contributed by atoms with van der Waals surface area (Å²) in [6, 6.07) is 0.212. The molecule has 6 heteroatoms. The first kappa shape index (κ1) is 13.8. The number of nitrogens with zero attached hydrogens (tertiary/aromatic N) is 3. The van der Waals surface area contributed by atoms with Crippen molar-refractivity contribution >= 4 is 11.5 Å². The molecule has 0 spiro atoms. The van der Waals surface area contributed by atoms with Crippen LogP contribution in [-0.2, 0) is 5.41 Å². The Hall–Kier alpha value is -1.59. The molecule has 0 amide bonds. The average molecular weight is 266 g/mol. The Morgan fingerprint density at radius 3 is 2.32 bits per heavy atom. The van der Waals surface area contributed by atoms with Gasteiger partial charge >= 0.3 is 5.69 Å². The van der Waals surface area contributed by atoms with Crippen LogP contribution in [0.2, 0.25) is 0 Å². The average Bonchev–Trinajstić information content (AvgIpc) is 2.68. The summed E-state index contributed by atoms with van der Waals surface area (Å²) in [5.41, 5.74) is 6.08. The summed E-state index contributed by atoms with van der Waals surface area (Å²) >= 11 is 0. The molecule has 1 aliphatic carbocycles. The van der Waals surface area contributed by atoms with Crippen molar-refractivity contribution in [1.29, 1.82) is 0 Å². The minimum atomic E-state index is -0.401. The molecule has 1 saturated carbocycles. The summed E-state index contributed by atoms with van der Waals surface area (Å²) in [7, 11) is 0. The molecule has 0 saturated heterocycles. The van der Waals surface area contributed by atoms with Gasteiger partial charge in [0, 0.05) is 5.41 Å². The highest BCUT2D eigenvalue weighted by atomic mass is 16.6. The first-order valence-corrected chi connectivity index (χ1v) is 6.85. The number of rotatable bonds is 2. The van der Waals surface area contributed by atoms with Gasteiger partial charge in [-0.25, -0.2) is 4.68 Å². The normalized spacial score (nSPS) is 17.6. The van der Waals surface area contributed by atoms with Crippen LogP contribution in [0.4, 0.5) is 11.5 Å². The van der Waals surface area contributed by atoms with Gasteiger partial charge in [-0.3, -0.25) is 10.1 Å². The largest absolute Gasteiger partial charge is 0.378 e. The van der Waals surface area contributed by atoms with E-state index < -0.39 is 4.92 Å². The molecule has 1 fully saturated rings. The zero-order chi connectivity index (χ0) is 14.2. The van der Waals surface area contributed by atoms with Crippen molar-refractivity contribution < 1.29 is 4.92 Å². The van der Waals surface area contributed by atoms with Crippen molar-refractivity contribution in [2.24, 2.45) is 0 Å². The van der Waals surface area contributed by atoms with Crippen molar-refractivity contribution in [3.05, 3.63) is 15.8 Å². The van der Waals surface area contributed by atoms with E-state index in [1.807, 2.05) is 20.8 Å². The van der Waals surface area contributed by atoms with E-state index in [0.717, 1.165) is 25.7 Å². The van der Waals surface area contributed by atoms with Crippen LogP contribution in [-0.4, -0.2) is 14.7 Å². The molecule has 1 aliphatic rings. The molecule has 0 radical (unpaired) electrons. The molecule has 0 aliphatic heterocycles. The topological polar surface area (TPSA) is 87.0 Å². The monoisotopic (exact) mass is 266 g/mol. The lowest BCUT2D eigenvalue weighted by Crippen LogP contribution is -2.18. The Balaban J connectivity index is 2.48. The third-order valence-corrected chi connectivity index (χ3v) is 3.74. The summed E-state index contributed by atoms with van der Waals surface area (Å²) < 4.78 is 1.69. The third-order valence-electron chi connectivity index (χ3n) is 3.74. The molecule has 106 valence electrons. The molecule has 1 aromatic rings. The number of hydrogen-bond acceptors (Lipinski definition) is 4. The predicted molar refractivity (Wildman–Crippen MR) is 74.1 cm³/mol. The van der Waals surface area contributed by atoms with Crippen LogP contribution in [0.25, 0.3) is 0 Å². The Morgan fingerprint density at radius 1 is 1.32 bits per heavy atom. The number of aromatic nitrogens is 2. The van der Waals surface area contributed by atoms with E-state index >= 15 is 0 Å². The van der Waals surface area contributed by atoms with Crippen molar-refractivity contribution in [1.82, 2.24) is 9.78 Å². The molecule has 19 heavy (non-hydrogen) atoms. The zero-order valence-corrected chi connectivity index (χ0v) is 11.8. The van der Waals surface area contributed by atoms with Crippen LogP contribution in [0, 0.1) is 10.1 Å². The van der Waals surface area contributed by atoms with Gasteiger partial charge in [0.1, 0.15) is 5.69 Å².